The van der Waals surface area contributed by atoms with Crippen LogP contribution < -0.4 is 5.32 Å². The van der Waals surface area contributed by atoms with Crippen molar-refractivity contribution in [2.45, 2.75) is 125 Å². The number of alkyl carbamates (subject to hydrolysis) is 1. The molecular formula is C36H57NO8. The van der Waals surface area contributed by atoms with E-state index < -0.39 is 23.3 Å². The summed E-state index contributed by atoms with van der Waals surface area (Å²) in [6, 6.07) is 0. The van der Waals surface area contributed by atoms with Gasteiger partial charge in [-0.1, -0.05) is 41.5 Å². The number of fused-ring (bicyclic) bond motifs is 7. The molecule has 0 saturated heterocycles. The van der Waals surface area contributed by atoms with E-state index in [-0.39, 0.29) is 77.0 Å². The highest BCUT2D eigenvalue weighted by atomic mass is 16.6. The number of carbonyl (C=O) groups is 4. The smallest absolute Gasteiger partial charge is 0.407 e. The van der Waals surface area contributed by atoms with Crippen LogP contribution in [-0.2, 0) is 23.9 Å². The Morgan fingerprint density at radius 2 is 1.53 bits per heavy atom. The monoisotopic (exact) mass is 631 g/mol. The van der Waals surface area contributed by atoms with E-state index in [0.717, 1.165) is 51.4 Å². The summed E-state index contributed by atoms with van der Waals surface area (Å²) in [5.41, 5.74) is -0.708. The van der Waals surface area contributed by atoms with Gasteiger partial charge in [-0.2, -0.15) is 0 Å². The van der Waals surface area contributed by atoms with E-state index in [1.165, 1.54) is 0 Å². The van der Waals surface area contributed by atoms with Gasteiger partial charge in [-0.3, -0.25) is 14.4 Å². The van der Waals surface area contributed by atoms with Crippen molar-refractivity contribution in [3.63, 3.8) is 0 Å². The Balaban J connectivity index is 1.41. The van der Waals surface area contributed by atoms with Crippen LogP contribution >= 0.6 is 0 Å². The number of hydrogen-bond acceptors (Lipinski definition) is 6. The maximum Gasteiger partial charge on any atom is 0.407 e. The second kappa shape index (κ2) is 11.7. The summed E-state index contributed by atoms with van der Waals surface area (Å²) < 4.78 is 11.5. The number of rotatable bonds is 8. The molecule has 5 fully saturated rings. The molecule has 5 aliphatic rings. The quantitative estimate of drug-likeness (QED) is 0.245. The van der Waals surface area contributed by atoms with Crippen molar-refractivity contribution in [2.75, 3.05) is 13.7 Å². The second-order valence-corrected chi connectivity index (χ2v) is 16.9. The standard InChI is InChI=1S/C36H57NO8/c1-21(20-44-28(40)11-10-27(38)39)22-12-17-36(30(41)42)19-18-34(5)23(29(22)36)8-9-25-33(4)15-14-26(45-31(43)37-7)32(2,3)24(33)13-16-35(25,34)6/h21-26,29H,8-20H2,1-7H3,(H,37,43)(H,38,39)(H,41,42)/t21?,22-,23?,24?,25?,26+,29?,33-,34+,35+,36-/m0/s1. The number of carbonyl (C=O) groups excluding carboxylic acids is 2. The SMILES string of the molecule is CNC(=O)O[C@@H]1CC[C@@]2(C)C(CC[C@]3(C)C2CCC2C4[C@H](C(C)COC(=O)CCC(=O)O)CC[C@]4(C(=O)O)CC[C@]23C)C1(C)C. The highest BCUT2D eigenvalue weighted by Crippen LogP contribution is 2.77. The molecular weight excluding hydrogens is 574 g/mol. The number of esters is 1. The lowest BCUT2D eigenvalue weighted by atomic mass is 9.32. The summed E-state index contributed by atoms with van der Waals surface area (Å²) in [6.45, 7) is 14.4. The van der Waals surface area contributed by atoms with E-state index in [2.05, 4.69) is 46.9 Å². The summed E-state index contributed by atoms with van der Waals surface area (Å²) in [6.07, 6.45) is 8.38. The fraction of sp³-hybridized carbons (Fsp3) is 0.889. The minimum atomic E-state index is -1.02. The molecule has 0 radical (unpaired) electrons. The predicted molar refractivity (Wildman–Crippen MR) is 168 cm³/mol. The largest absolute Gasteiger partial charge is 0.481 e. The van der Waals surface area contributed by atoms with Crippen molar-refractivity contribution in [3.05, 3.63) is 0 Å². The van der Waals surface area contributed by atoms with Gasteiger partial charge in [0.05, 0.1) is 24.9 Å². The van der Waals surface area contributed by atoms with Gasteiger partial charge in [0.15, 0.2) is 0 Å². The first kappa shape index (κ1) is 34.0. The Bertz CT molecular complexity index is 1200. The van der Waals surface area contributed by atoms with E-state index in [1.807, 2.05) is 0 Å². The fourth-order valence-corrected chi connectivity index (χ4v) is 12.7. The fourth-order valence-electron chi connectivity index (χ4n) is 12.7. The van der Waals surface area contributed by atoms with Crippen LogP contribution in [0, 0.1) is 62.6 Å². The number of carboxylic acid groups (broad SMARTS) is 2. The Morgan fingerprint density at radius 3 is 2.18 bits per heavy atom. The molecule has 5 unspecified atom stereocenters. The van der Waals surface area contributed by atoms with E-state index in [4.69, 9.17) is 14.6 Å². The van der Waals surface area contributed by atoms with Crippen molar-refractivity contribution in [3.8, 4) is 0 Å². The summed E-state index contributed by atoms with van der Waals surface area (Å²) in [7, 11) is 1.61. The summed E-state index contributed by atoms with van der Waals surface area (Å²) >= 11 is 0. The molecule has 9 heteroatoms. The lowest BCUT2D eigenvalue weighted by Gasteiger charge is -2.72. The Labute approximate surface area is 268 Å². The first-order chi connectivity index (χ1) is 21.0. The van der Waals surface area contributed by atoms with Gasteiger partial charge in [-0.25, -0.2) is 4.79 Å². The molecule has 5 saturated carbocycles. The van der Waals surface area contributed by atoms with Crippen LogP contribution in [0.25, 0.3) is 0 Å². The van der Waals surface area contributed by atoms with Crippen LogP contribution in [0.2, 0.25) is 0 Å². The van der Waals surface area contributed by atoms with Crippen LogP contribution in [0.5, 0.6) is 0 Å². The minimum absolute atomic E-state index is 0.00235. The lowest BCUT2D eigenvalue weighted by molar-refractivity contribution is -0.249. The first-order valence-electron chi connectivity index (χ1n) is 17.5. The molecule has 0 bridgehead atoms. The third-order valence-corrected chi connectivity index (χ3v) is 15.1. The summed E-state index contributed by atoms with van der Waals surface area (Å²) in [5, 5.41) is 22.4. The second-order valence-electron chi connectivity index (χ2n) is 16.9. The van der Waals surface area contributed by atoms with Crippen molar-refractivity contribution >= 4 is 24.0 Å². The molecule has 0 spiro atoms. The zero-order valence-corrected chi connectivity index (χ0v) is 28.6. The van der Waals surface area contributed by atoms with E-state index in [0.29, 0.717) is 24.7 Å². The van der Waals surface area contributed by atoms with Gasteiger partial charge in [0.1, 0.15) is 6.10 Å². The predicted octanol–water partition coefficient (Wildman–Crippen LogP) is 6.92. The highest BCUT2D eigenvalue weighted by molar-refractivity contribution is 5.77. The summed E-state index contributed by atoms with van der Waals surface area (Å²) in [4.78, 5) is 48.6. The molecule has 0 heterocycles. The van der Waals surface area contributed by atoms with E-state index in [1.54, 1.807) is 7.05 Å². The van der Waals surface area contributed by atoms with Gasteiger partial charge < -0.3 is 25.0 Å². The number of aliphatic carboxylic acids is 2. The molecule has 11 atom stereocenters. The molecule has 3 N–H and O–H groups in total. The van der Waals surface area contributed by atoms with Crippen molar-refractivity contribution in [1.29, 1.82) is 0 Å². The summed E-state index contributed by atoms with van der Waals surface area (Å²) in [5.74, 6) is -0.801. The molecule has 5 aliphatic carbocycles. The van der Waals surface area contributed by atoms with Crippen molar-refractivity contribution in [2.24, 2.45) is 62.6 Å². The maximum atomic E-state index is 13.1. The van der Waals surface area contributed by atoms with E-state index >= 15 is 0 Å². The maximum absolute atomic E-state index is 13.1. The van der Waals surface area contributed by atoms with Crippen LogP contribution in [0.3, 0.4) is 0 Å². The molecule has 5 rings (SSSR count). The minimum Gasteiger partial charge on any atom is -0.481 e. The third-order valence-electron chi connectivity index (χ3n) is 15.1. The van der Waals surface area contributed by atoms with Crippen LogP contribution in [0.15, 0.2) is 0 Å². The zero-order valence-electron chi connectivity index (χ0n) is 28.6. The zero-order chi connectivity index (χ0) is 33.2. The molecule has 1 amide bonds. The average molecular weight is 632 g/mol. The van der Waals surface area contributed by atoms with Gasteiger partial charge in [0, 0.05) is 12.5 Å². The van der Waals surface area contributed by atoms with Crippen LogP contribution in [-0.4, -0.2) is 54.0 Å². The van der Waals surface area contributed by atoms with Gasteiger partial charge >= 0.3 is 24.0 Å². The molecule has 254 valence electrons. The average Bonchev–Trinajstić information content (AvgIpc) is 3.38. The van der Waals surface area contributed by atoms with E-state index in [9.17, 15) is 24.3 Å². The number of nitrogens with one attached hydrogen (secondary N) is 1. The molecule has 9 nitrogen and oxygen atoms in total. The Morgan fingerprint density at radius 1 is 0.822 bits per heavy atom. The lowest BCUT2D eigenvalue weighted by Crippen LogP contribution is -2.67. The number of ether oxygens (including phenoxy) is 2. The molecule has 0 aromatic rings. The van der Waals surface area contributed by atoms with Gasteiger partial charge in [0.25, 0.3) is 0 Å². The van der Waals surface area contributed by atoms with Crippen molar-refractivity contribution in [1.82, 2.24) is 5.32 Å². The Kier molecular flexibility index (Phi) is 8.87. The molecule has 45 heavy (non-hydrogen) atoms. The molecule has 0 aromatic heterocycles. The number of hydrogen-bond donors (Lipinski definition) is 3. The number of amides is 1. The molecule has 0 aromatic carbocycles. The normalized spacial score (nSPS) is 43.8. The highest BCUT2D eigenvalue weighted by Gasteiger charge is 2.72. The van der Waals surface area contributed by atoms with Gasteiger partial charge in [0.2, 0.25) is 0 Å². The van der Waals surface area contributed by atoms with Crippen LogP contribution in [0.4, 0.5) is 4.79 Å². The topological polar surface area (TPSA) is 139 Å². The van der Waals surface area contributed by atoms with Crippen molar-refractivity contribution < 1.29 is 38.9 Å². The first-order valence-corrected chi connectivity index (χ1v) is 17.5. The van der Waals surface area contributed by atoms with Gasteiger partial charge in [-0.15, -0.1) is 0 Å². The third kappa shape index (κ3) is 5.17. The Hall–Kier alpha value is -2.32. The molecule has 0 aliphatic heterocycles. The number of carboxylic acids is 2. The van der Waals surface area contributed by atoms with Gasteiger partial charge in [-0.05, 0) is 116 Å². The van der Waals surface area contributed by atoms with Crippen LogP contribution in [0.1, 0.15) is 119 Å².